The quantitative estimate of drug-likeness (QED) is 0.686. The van der Waals surface area contributed by atoms with Crippen molar-refractivity contribution in [1.82, 2.24) is 15.5 Å². The number of aromatic nitrogens is 2. The molecule has 4 nitrogen and oxygen atoms in total. The summed E-state index contributed by atoms with van der Waals surface area (Å²) < 4.78 is 26.9. The fourth-order valence-electron chi connectivity index (χ4n) is 2.76. The fraction of sp³-hybridized carbons (Fsp3) is 0.238. The standard InChI is InChI=1S/C19H17F2N3O.C2H6/c1-22-19(25)9-16(14-6-7-17(20)18(21)8-14)13-4-2-12(3-5-13)15-10-23-24-11-15;1-2/h2-8,10-11,16H,9H2,1H3,(H,22,25)(H,23,24);1-2H3. The second-order valence-corrected chi connectivity index (χ2v) is 5.71. The topological polar surface area (TPSA) is 57.8 Å². The Kier molecular flexibility index (Phi) is 7.23. The van der Waals surface area contributed by atoms with Crippen LogP contribution in [0.3, 0.4) is 0 Å². The van der Waals surface area contributed by atoms with Gasteiger partial charge in [-0.15, -0.1) is 0 Å². The molecule has 0 saturated carbocycles. The van der Waals surface area contributed by atoms with Gasteiger partial charge in [-0.25, -0.2) is 8.78 Å². The number of nitrogens with one attached hydrogen (secondary N) is 2. The maximum Gasteiger partial charge on any atom is 0.220 e. The second-order valence-electron chi connectivity index (χ2n) is 5.71. The van der Waals surface area contributed by atoms with E-state index in [1.165, 1.54) is 6.07 Å². The summed E-state index contributed by atoms with van der Waals surface area (Å²) in [5, 5.41) is 9.25. The Balaban J connectivity index is 0.00000126. The molecule has 1 unspecified atom stereocenters. The average Bonchev–Trinajstić information content (AvgIpc) is 3.25. The van der Waals surface area contributed by atoms with E-state index in [1.54, 1.807) is 19.4 Å². The molecule has 1 amide bonds. The highest BCUT2D eigenvalue weighted by molar-refractivity contribution is 5.77. The molecule has 0 spiro atoms. The number of amides is 1. The first-order chi connectivity index (χ1) is 13.1. The van der Waals surface area contributed by atoms with E-state index in [1.807, 2.05) is 38.1 Å². The van der Waals surface area contributed by atoms with Gasteiger partial charge in [0.1, 0.15) is 0 Å². The van der Waals surface area contributed by atoms with Gasteiger partial charge in [0.2, 0.25) is 5.91 Å². The summed E-state index contributed by atoms with van der Waals surface area (Å²) >= 11 is 0. The molecule has 0 aliphatic heterocycles. The molecule has 0 aliphatic carbocycles. The molecular formula is C21H23F2N3O. The molecule has 0 saturated heterocycles. The predicted octanol–water partition coefficient (Wildman–Crippen LogP) is 4.65. The van der Waals surface area contributed by atoms with Crippen molar-refractivity contribution in [2.45, 2.75) is 26.2 Å². The van der Waals surface area contributed by atoms with E-state index in [2.05, 4.69) is 15.5 Å². The first-order valence-electron chi connectivity index (χ1n) is 8.83. The van der Waals surface area contributed by atoms with Gasteiger partial charge in [0.15, 0.2) is 11.6 Å². The molecule has 3 rings (SSSR count). The first-order valence-corrected chi connectivity index (χ1v) is 8.83. The van der Waals surface area contributed by atoms with Crippen LogP contribution in [0.4, 0.5) is 8.78 Å². The summed E-state index contributed by atoms with van der Waals surface area (Å²) in [4.78, 5) is 11.9. The van der Waals surface area contributed by atoms with E-state index in [0.717, 1.165) is 28.8 Å². The van der Waals surface area contributed by atoms with Gasteiger partial charge in [0, 0.05) is 31.1 Å². The van der Waals surface area contributed by atoms with Gasteiger partial charge in [-0.3, -0.25) is 9.89 Å². The highest BCUT2D eigenvalue weighted by Crippen LogP contribution is 2.30. The molecule has 2 aromatic carbocycles. The smallest absolute Gasteiger partial charge is 0.220 e. The molecule has 0 radical (unpaired) electrons. The lowest BCUT2D eigenvalue weighted by molar-refractivity contribution is -0.120. The highest BCUT2D eigenvalue weighted by Gasteiger charge is 2.19. The van der Waals surface area contributed by atoms with Gasteiger partial charge in [0.05, 0.1) is 6.20 Å². The fourth-order valence-corrected chi connectivity index (χ4v) is 2.76. The van der Waals surface area contributed by atoms with Crippen LogP contribution in [-0.2, 0) is 4.79 Å². The molecule has 2 N–H and O–H groups in total. The van der Waals surface area contributed by atoms with Crippen molar-refractivity contribution in [1.29, 1.82) is 0 Å². The van der Waals surface area contributed by atoms with Gasteiger partial charge in [0.25, 0.3) is 0 Å². The Morgan fingerprint density at radius 2 is 1.70 bits per heavy atom. The minimum Gasteiger partial charge on any atom is -0.359 e. The van der Waals surface area contributed by atoms with E-state index >= 15 is 0 Å². The molecule has 6 heteroatoms. The zero-order valence-corrected chi connectivity index (χ0v) is 15.6. The summed E-state index contributed by atoms with van der Waals surface area (Å²) in [6.45, 7) is 4.00. The second kappa shape index (κ2) is 9.62. The van der Waals surface area contributed by atoms with Crippen LogP contribution in [0.5, 0.6) is 0 Å². The van der Waals surface area contributed by atoms with Crippen molar-refractivity contribution in [2.24, 2.45) is 0 Å². The number of carbonyl (C=O) groups is 1. The zero-order chi connectivity index (χ0) is 19.8. The van der Waals surface area contributed by atoms with Crippen LogP contribution in [0.25, 0.3) is 11.1 Å². The average molecular weight is 371 g/mol. The maximum absolute atomic E-state index is 13.6. The number of rotatable bonds is 5. The lowest BCUT2D eigenvalue weighted by Crippen LogP contribution is -2.21. The van der Waals surface area contributed by atoms with Crippen molar-refractivity contribution in [2.75, 3.05) is 7.05 Å². The van der Waals surface area contributed by atoms with Crippen molar-refractivity contribution in [3.63, 3.8) is 0 Å². The molecule has 1 heterocycles. The van der Waals surface area contributed by atoms with Crippen molar-refractivity contribution >= 4 is 5.91 Å². The van der Waals surface area contributed by atoms with Crippen LogP contribution in [0.2, 0.25) is 0 Å². The summed E-state index contributed by atoms with van der Waals surface area (Å²) in [7, 11) is 1.55. The molecule has 1 aromatic heterocycles. The van der Waals surface area contributed by atoms with Crippen molar-refractivity contribution in [3.8, 4) is 11.1 Å². The SMILES string of the molecule is CC.CNC(=O)CC(c1ccc(-c2cn[nH]c2)cc1)c1ccc(F)c(F)c1. The Bertz CT molecular complexity index is 862. The number of benzene rings is 2. The van der Waals surface area contributed by atoms with E-state index in [9.17, 15) is 13.6 Å². The van der Waals surface area contributed by atoms with E-state index in [-0.39, 0.29) is 18.2 Å². The third-order valence-electron chi connectivity index (χ3n) is 4.16. The first kappa shape index (κ1) is 20.3. The summed E-state index contributed by atoms with van der Waals surface area (Å²) in [5.41, 5.74) is 3.32. The van der Waals surface area contributed by atoms with Gasteiger partial charge >= 0.3 is 0 Å². The van der Waals surface area contributed by atoms with Crippen LogP contribution in [0, 0.1) is 11.6 Å². The van der Waals surface area contributed by atoms with Crippen LogP contribution < -0.4 is 5.32 Å². The number of H-pyrrole nitrogens is 1. The van der Waals surface area contributed by atoms with Crippen LogP contribution >= 0.6 is 0 Å². The third-order valence-corrected chi connectivity index (χ3v) is 4.16. The maximum atomic E-state index is 13.6. The van der Waals surface area contributed by atoms with Crippen molar-refractivity contribution in [3.05, 3.63) is 77.6 Å². The van der Waals surface area contributed by atoms with Crippen LogP contribution in [0.15, 0.2) is 54.9 Å². The Morgan fingerprint density at radius 3 is 2.26 bits per heavy atom. The minimum atomic E-state index is -0.922. The van der Waals surface area contributed by atoms with Gasteiger partial charge < -0.3 is 5.32 Å². The monoisotopic (exact) mass is 371 g/mol. The summed E-state index contributed by atoms with van der Waals surface area (Å²) in [6.07, 6.45) is 3.64. The number of hydrogen-bond acceptors (Lipinski definition) is 2. The van der Waals surface area contributed by atoms with Crippen molar-refractivity contribution < 1.29 is 13.6 Å². The Hall–Kier alpha value is -3.02. The lowest BCUT2D eigenvalue weighted by Gasteiger charge is -2.18. The number of aromatic amines is 1. The molecule has 0 bridgehead atoms. The number of carbonyl (C=O) groups excluding carboxylic acids is 1. The van der Waals surface area contributed by atoms with Crippen LogP contribution in [0.1, 0.15) is 37.3 Å². The molecule has 0 fully saturated rings. The largest absolute Gasteiger partial charge is 0.359 e. The lowest BCUT2D eigenvalue weighted by atomic mass is 9.87. The number of nitrogens with zero attached hydrogens (tertiary/aromatic N) is 1. The van der Waals surface area contributed by atoms with E-state index in [4.69, 9.17) is 0 Å². The van der Waals surface area contributed by atoms with Gasteiger partial charge in [-0.1, -0.05) is 44.2 Å². The van der Waals surface area contributed by atoms with Crippen LogP contribution in [-0.4, -0.2) is 23.2 Å². The molecule has 27 heavy (non-hydrogen) atoms. The molecular weight excluding hydrogens is 348 g/mol. The zero-order valence-electron chi connectivity index (χ0n) is 15.6. The predicted molar refractivity (Wildman–Crippen MR) is 102 cm³/mol. The molecule has 0 aliphatic rings. The van der Waals surface area contributed by atoms with Gasteiger partial charge in [-0.2, -0.15) is 5.10 Å². The Labute approximate surface area is 157 Å². The number of hydrogen-bond donors (Lipinski definition) is 2. The van der Waals surface area contributed by atoms with E-state index < -0.39 is 11.6 Å². The minimum absolute atomic E-state index is 0.145. The third kappa shape index (κ3) is 5.00. The molecule has 3 aromatic rings. The van der Waals surface area contributed by atoms with E-state index in [0.29, 0.717) is 5.56 Å². The molecule has 1 atom stereocenters. The Morgan fingerprint density at radius 1 is 1.04 bits per heavy atom. The number of halogens is 2. The van der Waals surface area contributed by atoms with Gasteiger partial charge in [-0.05, 0) is 28.8 Å². The normalized spacial score (nSPS) is 11.3. The summed E-state index contributed by atoms with van der Waals surface area (Å²) in [6, 6.07) is 11.3. The highest BCUT2D eigenvalue weighted by atomic mass is 19.2. The molecule has 142 valence electrons. The summed E-state index contributed by atoms with van der Waals surface area (Å²) in [5.74, 6) is -2.37.